The molecule has 0 spiro atoms. The molecule has 18 heavy (non-hydrogen) atoms. The van der Waals surface area contributed by atoms with Gasteiger partial charge in [-0.1, -0.05) is 29.8 Å². The van der Waals surface area contributed by atoms with Gasteiger partial charge in [-0.2, -0.15) is 0 Å². The number of anilines is 1. The van der Waals surface area contributed by atoms with Crippen LogP contribution in [0.25, 0.3) is 0 Å². The molecule has 1 amide bonds. The van der Waals surface area contributed by atoms with Crippen LogP contribution in [0.5, 0.6) is 0 Å². The van der Waals surface area contributed by atoms with Gasteiger partial charge in [0.2, 0.25) is 0 Å². The summed E-state index contributed by atoms with van der Waals surface area (Å²) in [4.78, 5) is 22.9. The molecule has 2 N–H and O–H groups in total. The van der Waals surface area contributed by atoms with Crippen LogP contribution in [0.2, 0.25) is 5.02 Å². The number of halogens is 1. The van der Waals surface area contributed by atoms with E-state index in [0.717, 1.165) is 11.3 Å². The first kappa shape index (κ1) is 12.6. The topological polar surface area (TPSA) is 66.4 Å². The van der Waals surface area contributed by atoms with Crippen LogP contribution in [0.1, 0.15) is 20.0 Å². The maximum atomic E-state index is 12.0. The predicted molar refractivity (Wildman–Crippen MR) is 70.7 cm³/mol. The first-order valence-corrected chi connectivity index (χ1v) is 6.22. The Morgan fingerprint density at radius 1 is 1.22 bits per heavy atom. The molecule has 1 aromatic carbocycles. The number of aromatic carboxylic acids is 1. The van der Waals surface area contributed by atoms with E-state index >= 15 is 0 Å². The molecule has 2 aromatic rings. The van der Waals surface area contributed by atoms with Crippen molar-refractivity contribution in [2.75, 3.05) is 5.32 Å². The van der Waals surface area contributed by atoms with Crippen LogP contribution in [0, 0.1) is 0 Å². The molecule has 0 fully saturated rings. The second-order valence-corrected chi connectivity index (χ2v) is 4.70. The second-order valence-electron chi connectivity index (χ2n) is 3.41. The van der Waals surface area contributed by atoms with Gasteiger partial charge in [0.1, 0.15) is 4.88 Å². The van der Waals surface area contributed by atoms with Gasteiger partial charge in [-0.25, -0.2) is 4.79 Å². The summed E-state index contributed by atoms with van der Waals surface area (Å²) in [6.45, 7) is 0. The minimum absolute atomic E-state index is 0.00183. The number of benzene rings is 1. The van der Waals surface area contributed by atoms with E-state index in [0.29, 0.717) is 5.69 Å². The highest BCUT2D eigenvalue weighted by Gasteiger charge is 2.22. The monoisotopic (exact) mass is 281 g/mol. The maximum absolute atomic E-state index is 12.0. The van der Waals surface area contributed by atoms with E-state index in [-0.39, 0.29) is 15.5 Å². The molecule has 6 heteroatoms. The fourth-order valence-electron chi connectivity index (χ4n) is 1.42. The SMILES string of the molecule is O=C(O)c1scc(Cl)c1C(=O)Nc1ccccc1. The predicted octanol–water partition coefficient (Wildman–Crippen LogP) is 3.35. The van der Waals surface area contributed by atoms with E-state index in [1.807, 2.05) is 6.07 Å². The van der Waals surface area contributed by atoms with Gasteiger partial charge in [-0.05, 0) is 12.1 Å². The number of carbonyl (C=O) groups excluding carboxylic acids is 1. The van der Waals surface area contributed by atoms with E-state index in [9.17, 15) is 9.59 Å². The highest BCUT2D eigenvalue weighted by atomic mass is 35.5. The van der Waals surface area contributed by atoms with Crippen LogP contribution in [0.3, 0.4) is 0 Å². The largest absolute Gasteiger partial charge is 0.477 e. The molecule has 0 unspecified atom stereocenters. The van der Waals surface area contributed by atoms with Gasteiger partial charge in [0.25, 0.3) is 5.91 Å². The van der Waals surface area contributed by atoms with Crippen molar-refractivity contribution in [3.8, 4) is 0 Å². The van der Waals surface area contributed by atoms with E-state index in [2.05, 4.69) is 5.32 Å². The van der Waals surface area contributed by atoms with Gasteiger partial charge in [-0.3, -0.25) is 4.79 Å². The zero-order valence-electron chi connectivity index (χ0n) is 9.01. The third-order valence-corrected chi connectivity index (χ3v) is 3.59. The summed E-state index contributed by atoms with van der Waals surface area (Å²) in [6, 6.07) is 8.76. The molecular weight excluding hydrogens is 274 g/mol. The minimum atomic E-state index is -1.16. The van der Waals surface area contributed by atoms with Crippen molar-refractivity contribution < 1.29 is 14.7 Å². The Labute approximate surface area is 112 Å². The average molecular weight is 282 g/mol. The standard InChI is InChI=1S/C12H8ClNO3S/c13-8-6-18-10(12(16)17)9(8)11(15)14-7-4-2-1-3-5-7/h1-6H,(H,14,15)(H,16,17). The molecule has 0 aliphatic heterocycles. The summed E-state index contributed by atoms with van der Waals surface area (Å²) in [5, 5.41) is 13.1. The molecule has 0 saturated heterocycles. The van der Waals surface area contributed by atoms with Crippen LogP contribution >= 0.6 is 22.9 Å². The Kier molecular flexibility index (Phi) is 3.64. The van der Waals surface area contributed by atoms with Crippen molar-refractivity contribution in [2.24, 2.45) is 0 Å². The van der Waals surface area contributed by atoms with Crippen molar-refractivity contribution in [1.29, 1.82) is 0 Å². The number of hydrogen-bond acceptors (Lipinski definition) is 3. The van der Waals surface area contributed by atoms with Gasteiger partial charge in [0.15, 0.2) is 0 Å². The zero-order chi connectivity index (χ0) is 13.1. The minimum Gasteiger partial charge on any atom is -0.477 e. The number of carboxylic acid groups (broad SMARTS) is 1. The summed E-state index contributed by atoms with van der Waals surface area (Å²) in [6.07, 6.45) is 0. The van der Waals surface area contributed by atoms with E-state index in [1.54, 1.807) is 24.3 Å². The first-order valence-electron chi connectivity index (χ1n) is 4.96. The Balaban J connectivity index is 2.29. The van der Waals surface area contributed by atoms with E-state index in [1.165, 1.54) is 5.38 Å². The quantitative estimate of drug-likeness (QED) is 0.906. The molecule has 0 radical (unpaired) electrons. The first-order chi connectivity index (χ1) is 8.59. The summed E-state index contributed by atoms with van der Waals surface area (Å²) in [5.41, 5.74) is 0.583. The molecule has 92 valence electrons. The Morgan fingerprint density at radius 3 is 2.50 bits per heavy atom. The number of nitrogens with one attached hydrogen (secondary N) is 1. The number of carboxylic acids is 1. The third-order valence-electron chi connectivity index (χ3n) is 2.20. The lowest BCUT2D eigenvalue weighted by Crippen LogP contribution is -2.14. The van der Waals surface area contributed by atoms with Crippen LogP contribution in [-0.2, 0) is 0 Å². The lowest BCUT2D eigenvalue weighted by molar-refractivity contribution is 0.0698. The van der Waals surface area contributed by atoms with E-state index < -0.39 is 11.9 Å². The molecule has 0 saturated carbocycles. The Morgan fingerprint density at radius 2 is 1.89 bits per heavy atom. The molecule has 0 atom stereocenters. The third kappa shape index (κ3) is 2.52. The van der Waals surface area contributed by atoms with Gasteiger partial charge in [0.05, 0.1) is 10.6 Å². The van der Waals surface area contributed by atoms with Crippen LogP contribution in [0.4, 0.5) is 5.69 Å². The van der Waals surface area contributed by atoms with Crippen molar-refractivity contribution in [1.82, 2.24) is 0 Å². The average Bonchev–Trinajstić information content (AvgIpc) is 2.72. The molecule has 0 aliphatic carbocycles. The van der Waals surface area contributed by atoms with Crippen LogP contribution in [-0.4, -0.2) is 17.0 Å². The highest BCUT2D eigenvalue weighted by molar-refractivity contribution is 7.13. The maximum Gasteiger partial charge on any atom is 0.346 e. The number of thiophene rings is 1. The Hall–Kier alpha value is -1.85. The van der Waals surface area contributed by atoms with Gasteiger partial charge in [0, 0.05) is 11.1 Å². The summed E-state index contributed by atoms with van der Waals surface area (Å²) in [7, 11) is 0. The van der Waals surface area contributed by atoms with Gasteiger partial charge >= 0.3 is 5.97 Å². The number of para-hydroxylation sites is 1. The normalized spacial score (nSPS) is 10.1. The van der Waals surface area contributed by atoms with Crippen molar-refractivity contribution in [3.63, 3.8) is 0 Å². The molecule has 1 heterocycles. The van der Waals surface area contributed by atoms with E-state index in [4.69, 9.17) is 16.7 Å². The smallest absolute Gasteiger partial charge is 0.346 e. The van der Waals surface area contributed by atoms with Gasteiger partial charge in [-0.15, -0.1) is 11.3 Å². The number of carbonyl (C=O) groups is 2. The highest BCUT2D eigenvalue weighted by Crippen LogP contribution is 2.27. The van der Waals surface area contributed by atoms with Gasteiger partial charge < -0.3 is 10.4 Å². The lowest BCUT2D eigenvalue weighted by atomic mass is 10.2. The van der Waals surface area contributed by atoms with Crippen LogP contribution in [0.15, 0.2) is 35.7 Å². The second kappa shape index (κ2) is 5.20. The van der Waals surface area contributed by atoms with Crippen molar-refractivity contribution >= 4 is 40.5 Å². The fraction of sp³-hybridized carbons (Fsp3) is 0. The van der Waals surface area contributed by atoms with Crippen molar-refractivity contribution in [2.45, 2.75) is 0 Å². The number of rotatable bonds is 3. The number of hydrogen-bond donors (Lipinski definition) is 2. The summed E-state index contributed by atoms with van der Waals surface area (Å²) >= 11 is 6.77. The van der Waals surface area contributed by atoms with Crippen LogP contribution < -0.4 is 5.32 Å². The molecule has 0 aliphatic rings. The summed E-state index contributed by atoms with van der Waals surface area (Å²) in [5.74, 6) is -1.69. The lowest BCUT2D eigenvalue weighted by Gasteiger charge is -2.05. The molecular formula is C12H8ClNO3S. The number of amides is 1. The molecule has 1 aromatic heterocycles. The molecule has 0 bridgehead atoms. The Bertz CT molecular complexity index is 595. The summed E-state index contributed by atoms with van der Waals surface area (Å²) < 4.78 is 0. The molecule has 4 nitrogen and oxygen atoms in total. The fourth-order valence-corrected chi connectivity index (χ4v) is 2.55. The van der Waals surface area contributed by atoms with Crippen molar-refractivity contribution in [3.05, 3.63) is 51.2 Å². The zero-order valence-corrected chi connectivity index (χ0v) is 10.6. The molecule has 2 rings (SSSR count).